The number of fused-ring (bicyclic) bond motifs is 1. The van der Waals surface area contributed by atoms with Crippen LogP contribution in [0, 0.1) is 0 Å². The number of hydrogen-bond donors (Lipinski definition) is 2. The molecular formula is C11H20N2OS. The second-order valence-electron chi connectivity index (χ2n) is 4.47. The Morgan fingerprint density at radius 3 is 3.00 bits per heavy atom. The van der Waals surface area contributed by atoms with Crippen molar-refractivity contribution in [1.82, 2.24) is 10.6 Å². The summed E-state index contributed by atoms with van der Waals surface area (Å²) < 4.78 is 0. The molecule has 4 heteroatoms. The van der Waals surface area contributed by atoms with Crippen LogP contribution in [0.25, 0.3) is 0 Å². The molecule has 3 atom stereocenters. The third-order valence-corrected chi connectivity index (χ3v) is 4.79. The number of thioether (sulfide) groups is 1. The van der Waals surface area contributed by atoms with E-state index in [0.29, 0.717) is 17.3 Å². The zero-order valence-corrected chi connectivity index (χ0v) is 10.1. The van der Waals surface area contributed by atoms with Crippen molar-refractivity contribution in [2.45, 2.75) is 56.4 Å². The summed E-state index contributed by atoms with van der Waals surface area (Å²) in [6, 6.07) is 0.812. The number of carbonyl (C=O) groups is 1. The van der Waals surface area contributed by atoms with Crippen LogP contribution in [-0.2, 0) is 0 Å². The van der Waals surface area contributed by atoms with E-state index in [2.05, 4.69) is 17.6 Å². The second kappa shape index (κ2) is 5.10. The van der Waals surface area contributed by atoms with Crippen LogP contribution in [0.1, 0.15) is 39.0 Å². The van der Waals surface area contributed by atoms with Crippen molar-refractivity contribution in [2.24, 2.45) is 0 Å². The maximum Gasteiger partial charge on any atom is 0.315 e. The highest BCUT2D eigenvalue weighted by molar-refractivity contribution is 8.00. The van der Waals surface area contributed by atoms with E-state index in [1.807, 2.05) is 11.8 Å². The van der Waals surface area contributed by atoms with Crippen LogP contribution < -0.4 is 10.6 Å². The van der Waals surface area contributed by atoms with E-state index < -0.39 is 0 Å². The summed E-state index contributed by atoms with van der Waals surface area (Å²) in [5.41, 5.74) is 0. The van der Waals surface area contributed by atoms with Gasteiger partial charge < -0.3 is 10.6 Å². The fourth-order valence-corrected chi connectivity index (χ4v) is 3.96. The minimum Gasteiger partial charge on any atom is -0.332 e. The molecular weight excluding hydrogens is 208 g/mol. The first-order valence-corrected chi connectivity index (χ1v) is 7.04. The molecule has 0 aromatic heterocycles. The van der Waals surface area contributed by atoms with Gasteiger partial charge in [-0.1, -0.05) is 32.6 Å². The molecule has 2 saturated heterocycles. The first-order chi connectivity index (χ1) is 7.31. The second-order valence-corrected chi connectivity index (χ2v) is 5.74. The Labute approximate surface area is 95.8 Å². The smallest absolute Gasteiger partial charge is 0.315 e. The fourth-order valence-electron chi connectivity index (χ4n) is 2.42. The van der Waals surface area contributed by atoms with Crippen molar-refractivity contribution in [3.63, 3.8) is 0 Å². The van der Waals surface area contributed by atoms with Crippen molar-refractivity contribution in [2.75, 3.05) is 5.75 Å². The number of carbonyl (C=O) groups excluding carboxylic acids is 1. The number of nitrogens with one attached hydrogen (secondary N) is 2. The lowest BCUT2D eigenvalue weighted by Crippen LogP contribution is -2.36. The Hall–Kier alpha value is -0.380. The number of unbranched alkanes of at least 4 members (excludes halogenated alkanes) is 3. The van der Waals surface area contributed by atoms with Gasteiger partial charge in [0, 0.05) is 11.0 Å². The Bertz CT molecular complexity index is 235. The number of hydrogen-bond acceptors (Lipinski definition) is 2. The molecule has 0 aliphatic carbocycles. The maximum absolute atomic E-state index is 11.1. The summed E-state index contributed by atoms with van der Waals surface area (Å²) in [5, 5.41) is 6.66. The summed E-state index contributed by atoms with van der Waals surface area (Å²) in [5.74, 6) is 1.09. The topological polar surface area (TPSA) is 41.1 Å². The molecule has 0 saturated carbocycles. The minimum atomic E-state index is 0.0314. The zero-order chi connectivity index (χ0) is 10.7. The first kappa shape index (κ1) is 11.1. The van der Waals surface area contributed by atoms with Gasteiger partial charge in [-0.2, -0.15) is 11.8 Å². The molecule has 2 aliphatic rings. The number of urea groups is 1. The first-order valence-electron chi connectivity index (χ1n) is 6.00. The van der Waals surface area contributed by atoms with Crippen LogP contribution in [0.15, 0.2) is 0 Å². The van der Waals surface area contributed by atoms with Gasteiger partial charge in [0.2, 0.25) is 0 Å². The van der Waals surface area contributed by atoms with E-state index in [9.17, 15) is 4.79 Å². The van der Waals surface area contributed by atoms with Gasteiger partial charge in [0.15, 0.2) is 0 Å². The standard InChI is InChI=1S/C11H20N2OS/c1-2-3-4-5-6-9-10-8(7-15-9)12-11(14)13-10/h8-10H,2-7H2,1H3,(H2,12,13,14)/t8?,9-,10-/m0/s1. The molecule has 15 heavy (non-hydrogen) atoms. The van der Waals surface area contributed by atoms with Crippen LogP contribution in [0.4, 0.5) is 4.79 Å². The predicted molar refractivity (Wildman–Crippen MR) is 64.2 cm³/mol. The average Bonchev–Trinajstić information content (AvgIpc) is 2.73. The van der Waals surface area contributed by atoms with E-state index in [1.54, 1.807) is 0 Å². The average molecular weight is 228 g/mol. The Balaban J connectivity index is 1.72. The van der Waals surface area contributed by atoms with E-state index in [-0.39, 0.29) is 6.03 Å². The van der Waals surface area contributed by atoms with E-state index >= 15 is 0 Å². The summed E-state index contributed by atoms with van der Waals surface area (Å²) in [6.45, 7) is 2.24. The quantitative estimate of drug-likeness (QED) is 0.559. The molecule has 86 valence electrons. The third-order valence-electron chi connectivity index (χ3n) is 3.28. The van der Waals surface area contributed by atoms with Crippen molar-refractivity contribution < 1.29 is 4.79 Å². The van der Waals surface area contributed by atoms with Gasteiger partial charge in [-0.05, 0) is 6.42 Å². The molecule has 0 bridgehead atoms. The van der Waals surface area contributed by atoms with Gasteiger partial charge in [0.05, 0.1) is 12.1 Å². The van der Waals surface area contributed by atoms with Gasteiger partial charge in [-0.25, -0.2) is 4.79 Å². The Morgan fingerprint density at radius 1 is 1.33 bits per heavy atom. The lowest BCUT2D eigenvalue weighted by molar-refractivity contribution is 0.247. The van der Waals surface area contributed by atoms with E-state index in [1.165, 1.54) is 32.1 Å². The van der Waals surface area contributed by atoms with Crippen LogP contribution in [0.3, 0.4) is 0 Å². The van der Waals surface area contributed by atoms with E-state index in [4.69, 9.17) is 0 Å². The molecule has 2 N–H and O–H groups in total. The van der Waals surface area contributed by atoms with Crippen molar-refractivity contribution >= 4 is 17.8 Å². The van der Waals surface area contributed by atoms with Crippen molar-refractivity contribution in [1.29, 1.82) is 0 Å². The molecule has 2 aliphatic heterocycles. The fraction of sp³-hybridized carbons (Fsp3) is 0.909. The van der Waals surface area contributed by atoms with Crippen molar-refractivity contribution in [3.8, 4) is 0 Å². The molecule has 1 unspecified atom stereocenters. The van der Waals surface area contributed by atoms with Crippen LogP contribution in [-0.4, -0.2) is 29.1 Å². The SMILES string of the molecule is CCCCCC[C@@H]1SCC2NC(=O)N[C@@H]21. The minimum absolute atomic E-state index is 0.0314. The largest absolute Gasteiger partial charge is 0.332 e. The molecule has 2 rings (SSSR count). The summed E-state index contributed by atoms with van der Waals surface area (Å²) >= 11 is 2.02. The Morgan fingerprint density at radius 2 is 2.20 bits per heavy atom. The highest BCUT2D eigenvalue weighted by Crippen LogP contribution is 2.33. The molecule has 0 aromatic carbocycles. The third kappa shape index (κ3) is 2.60. The van der Waals surface area contributed by atoms with Crippen molar-refractivity contribution in [3.05, 3.63) is 0 Å². The maximum atomic E-state index is 11.1. The van der Waals surface area contributed by atoms with Gasteiger partial charge in [-0.15, -0.1) is 0 Å². The predicted octanol–water partition coefficient (Wildman–Crippen LogP) is 2.12. The van der Waals surface area contributed by atoms with Gasteiger partial charge in [-0.3, -0.25) is 0 Å². The van der Waals surface area contributed by atoms with Crippen LogP contribution >= 0.6 is 11.8 Å². The van der Waals surface area contributed by atoms with Gasteiger partial charge in [0.25, 0.3) is 0 Å². The van der Waals surface area contributed by atoms with Crippen LogP contribution in [0.5, 0.6) is 0 Å². The molecule has 2 heterocycles. The molecule has 3 nitrogen and oxygen atoms in total. The highest BCUT2D eigenvalue weighted by Gasteiger charge is 2.42. The van der Waals surface area contributed by atoms with Gasteiger partial charge in [0.1, 0.15) is 0 Å². The lowest BCUT2D eigenvalue weighted by atomic mass is 10.0. The summed E-state index contributed by atoms with van der Waals surface area (Å²) in [4.78, 5) is 11.1. The molecule has 0 radical (unpaired) electrons. The number of rotatable bonds is 5. The van der Waals surface area contributed by atoms with Crippen LogP contribution in [0.2, 0.25) is 0 Å². The monoisotopic (exact) mass is 228 g/mol. The number of amides is 2. The normalized spacial score (nSPS) is 33.7. The summed E-state index contributed by atoms with van der Waals surface area (Å²) in [6.07, 6.45) is 6.54. The lowest BCUT2D eigenvalue weighted by Gasteiger charge is -2.16. The molecule has 0 aromatic rings. The molecule has 2 amide bonds. The van der Waals surface area contributed by atoms with E-state index in [0.717, 1.165) is 5.75 Å². The Kier molecular flexibility index (Phi) is 3.78. The van der Waals surface area contributed by atoms with Gasteiger partial charge >= 0.3 is 6.03 Å². The highest BCUT2D eigenvalue weighted by atomic mass is 32.2. The molecule has 0 spiro atoms. The molecule has 2 fully saturated rings. The zero-order valence-electron chi connectivity index (χ0n) is 9.29. The summed E-state index contributed by atoms with van der Waals surface area (Å²) in [7, 11) is 0.